The van der Waals surface area contributed by atoms with Crippen molar-refractivity contribution in [2.24, 2.45) is 5.41 Å². The average molecular weight is 538 g/mol. The van der Waals surface area contributed by atoms with Gasteiger partial charge in [0.2, 0.25) is 5.91 Å². The first-order valence-electron chi connectivity index (χ1n) is 14.0. The van der Waals surface area contributed by atoms with Crippen LogP contribution >= 0.6 is 0 Å². The van der Waals surface area contributed by atoms with E-state index in [0.717, 1.165) is 57.4 Å². The SMILES string of the molecule is COc1ccc(-c2ccc(CN(C(=O)CC(C)(C)C)c3nccc4cc(N5CCC(O)C5)ccc34)c(C)c2)cc1. The molecule has 0 bridgehead atoms. The van der Waals surface area contributed by atoms with E-state index in [-0.39, 0.29) is 17.4 Å². The van der Waals surface area contributed by atoms with Gasteiger partial charge in [0.15, 0.2) is 0 Å². The molecule has 6 nitrogen and oxygen atoms in total. The molecular weight excluding hydrogens is 498 g/mol. The van der Waals surface area contributed by atoms with Crippen molar-refractivity contribution in [3.05, 3.63) is 84.1 Å². The number of hydrogen-bond acceptors (Lipinski definition) is 5. The summed E-state index contributed by atoms with van der Waals surface area (Å²) in [5, 5.41) is 12.0. The van der Waals surface area contributed by atoms with Crippen LogP contribution in [0.25, 0.3) is 21.9 Å². The third-order valence-corrected chi connectivity index (χ3v) is 7.59. The van der Waals surface area contributed by atoms with Gasteiger partial charge in [-0.25, -0.2) is 4.98 Å². The number of carbonyl (C=O) groups excluding carboxylic acids is 1. The van der Waals surface area contributed by atoms with Crippen molar-refractivity contribution < 1.29 is 14.6 Å². The predicted octanol–water partition coefficient (Wildman–Crippen LogP) is 6.76. The fraction of sp³-hybridized carbons (Fsp3) is 0.353. The van der Waals surface area contributed by atoms with Crippen LogP contribution in [0.5, 0.6) is 5.75 Å². The van der Waals surface area contributed by atoms with Crippen LogP contribution in [0.15, 0.2) is 72.9 Å². The van der Waals surface area contributed by atoms with E-state index >= 15 is 0 Å². The molecule has 1 amide bonds. The minimum absolute atomic E-state index is 0.0536. The number of aliphatic hydroxyl groups excluding tert-OH is 1. The van der Waals surface area contributed by atoms with Crippen molar-refractivity contribution in [1.82, 2.24) is 4.98 Å². The molecule has 1 aliphatic rings. The molecule has 1 atom stereocenters. The second-order valence-corrected chi connectivity index (χ2v) is 12.0. The standard InChI is InChI=1S/C34H39N3O3/c1-23-18-25(24-8-11-30(40-5)12-9-24)6-7-27(23)21-37(32(39)20-34(2,3)4)33-31-13-10-28(19-26(31)14-16-35-33)36-17-15-29(38)22-36/h6-14,16,18-19,29,38H,15,17,20-22H2,1-5H3. The summed E-state index contributed by atoms with van der Waals surface area (Å²) in [4.78, 5) is 22.6. The number of benzene rings is 3. The van der Waals surface area contributed by atoms with Crippen LogP contribution in [0, 0.1) is 12.3 Å². The molecule has 1 unspecified atom stereocenters. The lowest BCUT2D eigenvalue weighted by Crippen LogP contribution is -2.34. The summed E-state index contributed by atoms with van der Waals surface area (Å²) in [7, 11) is 1.67. The molecule has 208 valence electrons. The number of fused-ring (bicyclic) bond motifs is 1. The Kier molecular flexibility index (Phi) is 7.81. The van der Waals surface area contributed by atoms with E-state index < -0.39 is 0 Å². The van der Waals surface area contributed by atoms with Gasteiger partial charge in [-0.3, -0.25) is 9.69 Å². The Morgan fingerprint density at radius 3 is 2.45 bits per heavy atom. The minimum Gasteiger partial charge on any atom is -0.497 e. The molecular formula is C34H39N3O3. The van der Waals surface area contributed by atoms with Crippen molar-refractivity contribution in [2.45, 2.75) is 53.2 Å². The molecule has 1 fully saturated rings. The number of aliphatic hydroxyl groups is 1. The molecule has 5 rings (SSSR count). The topological polar surface area (TPSA) is 65.9 Å². The Hall–Kier alpha value is -3.90. The molecule has 1 aromatic heterocycles. The van der Waals surface area contributed by atoms with Crippen LogP contribution in [-0.2, 0) is 11.3 Å². The maximum Gasteiger partial charge on any atom is 0.229 e. The third kappa shape index (κ3) is 6.13. The number of anilines is 2. The fourth-order valence-corrected chi connectivity index (χ4v) is 5.37. The Balaban J connectivity index is 1.49. The van der Waals surface area contributed by atoms with E-state index in [1.807, 2.05) is 23.1 Å². The Bertz CT molecular complexity index is 1510. The summed E-state index contributed by atoms with van der Waals surface area (Å²) in [5.74, 6) is 1.56. The first kappa shape index (κ1) is 27.7. The molecule has 6 heteroatoms. The Morgan fingerprint density at radius 2 is 1.80 bits per heavy atom. The first-order valence-corrected chi connectivity index (χ1v) is 14.0. The molecule has 0 aliphatic carbocycles. The zero-order chi connectivity index (χ0) is 28.4. The van der Waals surface area contributed by atoms with Gasteiger partial charge in [-0.05, 0) is 82.8 Å². The van der Waals surface area contributed by atoms with E-state index in [1.54, 1.807) is 13.3 Å². The van der Waals surface area contributed by atoms with Crippen LogP contribution in [0.2, 0.25) is 0 Å². The van der Waals surface area contributed by atoms with Crippen LogP contribution in [0.1, 0.15) is 44.7 Å². The highest BCUT2D eigenvalue weighted by Gasteiger charge is 2.26. The van der Waals surface area contributed by atoms with Gasteiger partial charge in [-0.2, -0.15) is 0 Å². The summed E-state index contributed by atoms with van der Waals surface area (Å²) in [5.41, 5.74) is 5.38. The van der Waals surface area contributed by atoms with Gasteiger partial charge in [0, 0.05) is 36.8 Å². The normalized spacial score (nSPS) is 15.4. The number of ether oxygens (including phenoxy) is 1. The van der Waals surface area contributed by atoms with E-state index in [4.69, 9.17) is 9.72 Å². The molecule has 0 spiro atoms. The molecule has 0 radical (unpaired) electrons. The highest BCUT2D eigenvalue weighted by molar-refractivity contribution is 6.03. The quantitative estimate of drug-likeness (QED) is 0.282. The average Bonchev–Trinajstić information content (AvgIpc) is 3.37. The van der Waals surface area contributed by atoms with E-state index in [1.165, 1.54) is 0 Å². The van der Waals surface area contributed by atoms with Gasteiger partial charge in [0.25, 0.3) is 0 Å². The van der Waals surface area contributed by atoms with E-state index in [0.29, 0.717) is 25.3 Å². The van der Waals surface area contributed by atoms with Crippen molar-refractivity contribution in [3.63, 3.8) is 0 Å². The fourth-order valence-electron chi connectivity index (χ4n) is 5.37. The number of nitrogens with zero attached hydrogens (tertiary/aromatic N) is 3. The number of carbonyl (C=O) groups is 1. The summed E-state index contributed by atoms with van der Waals surface area (Å²) in [6.45, 7) is 10.3. The van der Waals surface area contributed by atoms with Crippen molar-refractivity contribution >= 4 is 28.2 Å². The monoisotopic (exact) mass is 537 g/mol. The maximum atomic E-state index is 13.8. The van der Waals surface area contributed by atoms with Gasteiger partial charge < -0.3 is 14.7 Å². The molecule has 40 heavy (non-hydrogen) atoms. The molecule has 0 saturated carbocycles. The number of amides is 1. The smallest absolute Gasteiger partial charge is 0.229 e. The van der Waals surface area contributed by atoms with Gasteiger partial charge in [0.1, 0.15) is 11.6 Å². The van der Waals surface area contributed by atoms with Gasteiger partial charge >= 0.3 is 0 Å². The van der Waals surface area contributed by atoms with Crippen molar-refractivity contribution in [2.75, 3.05) is 30.0 Å². The van der Waals surface area contributed by atoms with Gasteiger partial charge in [-0.15, -0.1) is 0 Å². The number of aromatic nitrogens is 1. The first-order chi connectivity index (χ1) is 19.1. The molecule has 4 aromatic rings. The van der Waals surface area contributed by atoms with E-state index in [2.05, 4.69) is 81.1 Å². The van der Waals surface area contributed by atoms with Crippen molar-refractivity contribution in [3.8, 4) is 16.9 Å². The molecule has 3 aromatic carbocycles. The summed E-state index contributed by atoms with van der Waals surface area (Å²) >= 11 is 0. The molecule has 2 heterocycles. The van der Waals surface area contributed by atoms with Gasteiger partial charge in [-0.1, -0.05) is 51.1 Å². The molecule has 1 aliphatic heterocycles. The molecule has 1 saturated heterocycles. The highest BCUT2D eigenvalue weighted by Crippen LogP contribution is 2.33. The lowest BCUT2D eigenvalue weighted by atomic mass is 9.91. The maximum absolute atomic E-state index is 13.8. The number of pyridine rings is 1. The second kappa shape index (κ2) is 11.3. The van der Waals surface area contributed by atoms with Crippen molar-refractivity contribution in [1.29, 1.82) is 0 Å². The zero-order valence-electron chi connectivity index (χ0n) is 24.1. The third-order valence-electron chi connectivity index (χ3n) is 7.59. The highest BCUT2D eigenvalue weighted by atomic mass is 16.5. The van der Waals surface area contributed by atoms with E-state index in [9.17, 15) is 9.90 Å². The number of rotatable bonds is 7. The summed E-state index contributed by atoms with van der Waals surface area (Å²) in [6, 6.07) is 22.7. The Labute approximate surface area is 237 Å². The lowest BCUT2D eigenvalue weighted by molar-refractivity contribution is -0.120. The predicted molar refractivity (Wildman–Crippen MR) is 163 cm³/mol. The summed E-state index contributed by atoms with van der Waals surface area (Å²) < 4.78 is 5.30. The second-order valence-electron chi connectivity index (χ2n) is 12.0. The van der Waals surface area contributed by atoms with Crippen LogP contribution < -0.4 is 14.5 Å². The molecule has 1 N–H and O–H groups in total. The van der Waals surface area contributed by atoms with Crippen LogP contribution in [0.4, 0.5) is 11.5 Å². The van der Waals surface area contributed by atoms with Gasteiger partial charge in [0.05, 0.1) is 19.8 Å². The zero-order valence-corrected chi connectivity index (χ0v) is 24.1. The minimum atomic E-state index is -0.284. The number of aryl methyl sites for hydroxylation is 1. The number of methoxy groups -OCH3 is 1. The largest absolute Gasteiger partial charge is 0.497 e. The Morgan fingerprint density at radius 1 is 1.05 bits per heavy atom. The van der Waals surface area contributed by atoms with Crippen LogP contribution in [0.3, 0.4) is 0 Å². The lowest BCUT2D eigenvalue weighted by Gasteiger charge is -2.28. The van der Waals surface area contributed by atoms with Crippen LogP contribution in [-0.4, -0.2) is 42.3 Å². The number of hydrogen-bond donors (Lipinski definition) is 1. The number of β-amino-alcohol motifs (C(OH)–C–C–N with tert-alkyl or cyclic N) is 1. The summed E-state index contributed by atoms with van der Waals surface area (Å²) in [6.07, 6.45) is 2.70.